The molecule has 0 aliphatic rings. The molecule has 0 aliphatic heterocycles. The van der Waals surface area contributed by atoms with E-state index < -0.39 is 0 Å². The zero-order valence-electron chi connectivity index (χ0n) is 10.4. The van der Waals surface area contributed by atoms with Gasteiger partial charge in [0.05, 0.1) is 6.61 Å². The lowest BCUT2D eigenvalue weighted by atomic mass is 10.2. The molecule has 3 heteroatoms. The molecule has 0 saturated carbocycles. The van der Waals surface area contributed by atoms with Crippen LogP contribution in [0.4, 0.5) is 0 Å². The Morgan fingerprint density at radius 2 is 2.24 bits per heavy atom. The molecule has 0 unspecified atom stereocenters. The van der Waals surface area contributed by atoms with Crippen LogP contribution < -0.4 is 4.74 Å². The molecule has 0 radical (unpaired) electrons. The van der Waals surface area contributed by atoms with Crippen molar-refractivity contribution in [3.8, 4) is 5.75 Å². The topological polar surface area (TPSA) is 27.1 Å². The molecule has 1 aromatic carbocycles. The summed E-state index contributed by atoms with van der Waals surface area (Å²) >= 11 is 0. The Kier molecular flexibility index (Phi) is 3.81. The molecule has 2 rings (SSSR count). The maximum atomic E-state index is 5.72. The smallest absolute Gasteiger partial charge is 0.119 e. The predicted octanol–water partition coefficient (Wildman–Crippen LogP) is 2.60. The summed E-state index contributed by atoms with van der Waals surface area (Å²) in [5.74, 6) is 2.00. The van der Waals surface area contributed by atoms with E-state index in [2.05, 4.69) is 24.0 Å². The van der Waals surface area contributed by atoms with Crippen LogP contribution in [0.5, 0.6) is 5.75 Å². The van der Waals surface area contributed by atoms with Crippen LogP contribution in [-0.4, -0.2) is 16.2 Å². The van der Waals surface area contributed by atoms with Gasteiger partial charge in [-0.15, -0.1) is 0 Å². The highest BCUT2D eigenvalue weighted by molar-refractivity contribution is 5.28. The van der Waals surface area contributed by atoms with Gasteiger partial charge in [-0.05, 0) is 24.1 Å². The first-order valence-electron chi connectivity index (χ1n) is 5.97. The van der Waals surface area contributed by atoms with Crippen LogP contribution in [0.2, 0.25) is 0 Å². The third kappa shape index (κ3) is 3.09. The van der Waals surface area contributed by atoms with Gasteiger partial charge in [0, 0.05) is 25.9 Å². The van der Waals surface area contributed by atoms with Gasteiger partial charge in [-0.25, -0.2) is 4.98 Å². The molecule has 0 aliphatic carbocycles. The summed E-state index contributed by atoms with van der Waals surface area (Å²) in [5, 5.41) is 0. The normalized spacial score (nSPS) is 10.5. The number of aryl methyl sites for hydroxylation is 2. The van der Waals surface area contributed by atoms with E-state index in [0.29, 0.717) is 6.61 Å². The molecule has 90 valence electrons. The summed E-state index contributed by atoms with van der Waals surface area (Å²) in [7, 11) is 2.00. The lowest BCUT2D eigenvalue weighted by molar-refractivity contribution is 0.317. The SMILES string of the molecule is CCc1cccc(OCCc2nccn2C)c1. The van der Waals surface area contributed by atoms with Gasteiger partial charge < -0.3 is 9.30 Å². The first-order valence-corrected chi connectivity index (χ1v) is 5.97. The van der Waals surface area contributed by atoms with Crippen molar-refractivity contribution >= 4 is 0 Å². The molecule has 3 nitrogen and oxygen atoms in total. The molecule has 0 fully saturated rings. The predicted molar refractivity (Wildman–Crippen MR) is 68.2 cm³/mol. The third-order valence-corrected chi connectivity index (χ3v) is 2.82. The number of rotatable bonds is 5. The summed E-state index contributed by atoms with van der Waals surface area (Å²) < 4.78 is 7.74. The second kappa shape index (κ2) is 5.53. The average molecular weight is 230 g/mol. The van der Waals surface area contributed by atoms with Crippen molar-refractivity contribution in [3.63, 3.8) is 0 Å². The summed E-state index contributed by atoms with van der Waals surface area (Å²) in [5.41, 5.74) is 1.31. The van der Waals surface area contributed by atoms with Crippen molar-refractivity contribution in [2.75, 3.05) is 6.61 Å². The van der Waals surface area contributed by atoms with E-state index in [1.807, 2.05) is 36.1 Å². The van der Waals surface area contributed by atoms with Gasteiger partial charge >= 0.3 is 0 Å². The zero-order chi connectivity index (χ0) is 12.1. The molecule has 0 amide bonds. The number of ether oxygens (including phenoxy) is 1. The first-order chi connectivity index (χ1) is 8.29. The van der Waals surface area contributed by atoms with E-state index in [0.717, 1.165) is 24.4 Å². The van der Waals surface area contributed by atoms with Gasteiger partial charge in [-0.2, -0.15) is 0 Å². The minimum atomic E-state index is 0.665. The molecule has 0 saturated heterocycles. The van der Waals surface area contributed by atoms with Crippen molar-refractivity contribution < 1.29 is 4.74 Å². The zero-order valence-corrected chi connectivity index (χ0v) is 10.4. The van der Waals surface area contributed by atoms with E-state index in [1.54, 1.807) is 0 Å². The summed E-state index contributed by atoms with van der Waals surface area (Å²) in [6.07, 6.45) is 5.64. The van der Waals surface area contributed by atoms with Crippen LogP contribution in [0.15, 0.2) is 36.7 Å². The van der Waals surface area contributed by atoms with E-state index >= 15 is 0 Å². The van der Waals surface area contributed by atoms with Crippen molar-refractivity contribution in [1.29, 1.82) is 0 Å². The number of hydrogen-bond acceptors (Lipinski definition) is 2. The molecular formula is C14H18N2O. The fourth-order valence-corrected chi connectivity index (χ4v) is 1.75. The minimum absolute atomic E-state index is 0.665. The van der Waals surface area contributed by atoms with Crippen LogP contribution in [-0.2, 0) is 19.9 Å². The van der Waals surface area contributed by atoms with Crippen molar-refractivity contribution in [2.45, 2.75) is 19.8 Å². The van der Waals surface area contributed by atoms with Gasteiger partial charge in [0.2, 0.25) is 0 Å². The second-order valence-corrected chi connectivity index (χ2v) is 4.05. The largest absolute Gasteiger partial charge is 0.493 e. The fraction of sp³-hybridized carbons (Fsp3) is 0.357. The average Bonchev–Trinajstić information content (AvgIpc) is 2.76. The highest BCUT2D eigenvalue weighted by atomic mass is 16.5. The Hall–Kier alpha value is -1.77. The quantitative estimate of drug-likeness (QED) is 0.789. The van der Waals surface area contributed by atoms with Gasteiger partial charge in [0.1, 0.15) is 11.6 Å². The highest BCUT2D eigenvalue weighted by Gasteiger charge is 2.00. The van der Waals surface area contributed by atoms with Crippen LogP contribution in [0.3, 0.4) is 0 Å². The van der Waals surface area contributed by atoms with E-state index in [-0.39, 0.29) is 0 Å². The second-order valence-electron chi connectivity index (χ2n) is 4.05. The van der Waals surface area contributed by atoms with Crippen LogP contribution in [0, 0.1) is 0 Å². The Balaban J connectivity index is 1.87. The molecule has 0 atom stereocenters. The lowest BCUT2D eigenvalue weighted by Crippen LogP contribution is -2.06. The van der Waals surface area contributed by atoms with Gasteiger partial charge in [0.25, 0.3) is 0 Å². The summed E-state index contributed by atoms with van der Waals surface area (Å²) in [6, 6.07) is 8.25. The molecule has 0 spiro atoms. The number of imidazole rings is 1. The first kappa shape index (κ1) is 11.7. The molecule has 0 bridgehead atoms. The van der Waals surface area contributed by atoms with Crippen molar-refractivity contribution in [3.05, 3.63) is 48.0 Å². The standard InChI is InChI=1S/C14H18N2O/c1-3-12-5-4-6-13(11-12)17-10-7-14-15-8-9-16(14)2/h4-6,8-9,11H,3,7,10H2,1-2H3. The Morgan fingerprint density at radius 3 is 2.94 bits per heavy atom. The molecular weight excluding hydrogens is 212 g/mol. The minimum Gasteiger partial charge on any atom is -0.493 e. The van der Waals surface area contributed by atoms with Gasteiger partial charge in [-0.3, -0.25) is 0 Å². The Labute approximate surface area is 102 Å². The molecule has 17 heavy (non-hydrogen) atoms. The number of hydrogen-bond donors (Lipinski definition) is 0. The number of aromatic nitrogens is 2. The summed E-state index contributed by atoms with van der Waals surface area (Å²) in [6.45, 7) is 2.81. The van der Waals surface area contributed by atoms with E-state index in [4.69, 9.17) is 4.74 Å². The molecule has 0 N–H and O–H groups in total. The van der Waals surface area contributed by atoms with Crippen molar-refractivity contribution in [2.24, 2.45) is 7.05 Å². The lowest BCUT2D eigenvalue weighted by Gasteiger charge is -2.07. The monoisotopic (exact) mass is 230 g/mol. The number of benzene rings is 1. The van der Waals surface area contributed by atoms with Crippen LogP contribution in [0.1, 0.15) is 18.3 Å². The van der Waals surface area contributed by atoms with E-state index in [9.17, 15) is 0 Å². The van der Waals surface area contributed by atoms with Gasteiger partial charge in [0.15, 0.2) is 0 Å². The van der Waals surface area contributed by atoms with Crippen LogP contribution >= 0.6 is 0 Å². The van der Waals surface area contributed by atoms with Gasteiger partial charge in [-0.1, -0.05) is 19.1 Å². The Bertz CT molecular complexity index is 477. The van der Waals surface area contributed by atoms with Crippen molar-refractivity contribution in [1.82, 2.24) is 9.55 Å². The highest BCUT2D eigenvalue weighted by Crippen LogP contribution is 2.13. The fourth-order valence-electron chi connectivity index (χ4n) is 1.75. The summed E-state index contributed by atoms with van der Waals surface area (Å²) in [4.78, 5) is 4.26. The maximum absolute atomic E-state index is 5.72. The maximum Gasteiger partial charge on any atom is 0.119 e. The Morgan fingerprint density at radius 1 is 1.35 bits per heavy atom. The third-order valence-electron chi connectivity index (χ3n) is 2.82. The number of nitrogens with zero attached hydrogens (tertiary/aromatic N) is 2. The molecule has 1 heterocycles. The van der Waals surface area contributed by atoms with Crippen LogP contribution in [0.25, 0.3) is 0 Å². The molecule has 2 aromatic rings. The molecule has 1 aromatic heterocycles. The van der Waals surface area contributed by atoms with E-state index in [1.165, 1.54) is 5.56 Å².